The fraction of sp³-hybridized carbons (Fsp3) is 0.143. The third-order valence-electron chi connectivity index (χ3n) is 1.58. The number of halogens is 2. The van der Waals surface area contributed by atoms with Crippen molar-refractivity contribution in [3.63, 3.8) is 0 Å². The summed E-state index contributed by atoms with van der Waals surface area (Å²) in [5.74, 6) is -1.07. The van der Waals surface area contributed by atoms with Crippen LogP contribution in [-0.4, -0.2) is 12.0 Å². The third kappa shape index (κ3) is 1.63. The molecule has 0 aliphatic carbocycles. The Morgan fingerprint density at radius 1 is 1.71 bits per heavy atom. The number of benzene rings is 1. The van der Waals surface area contributed by atoms with E-state index < -0.39 is 16.4 Å². The van der Waals surface area contributed by atoms with Crippen molar-refractivity contribution >= 4 is 27.3 Å². The molecule has 0 radical (unpaired) electrons. The first-order valence-electron chi connectivity index (χ1n) is 3.45. The summed E-state index contributed by atoms with van der Waals surface area (Å²) in [4.78, 5) is 9.83. The summed E-state index contributed by atoms with van der Waals surface area (Å²) < 4.78 is 17.7. The lowest BCUT2D eigenvalue weighted by Gasteiger charge is -2.06. The van der Waals surface area contributed by atoms with Gasteiger partial charge < -0.3 is 10.5 Å². The van der Waals surface area contributed by atoms with Gasteiger partial charge in [0.15, 0.2) is 17.3 Å². The summed E-state index contributed by atoms with van der Waals surface area (Å²) >= 11 is 2.84. The van der Waals surface area contributed by atoms with E-state index in [9.17, 15) is 14.5 Å². The van der Waals surface area contributed by atoms with Gasteiger partial charge >= 0.3 is 5.69 Å². The molecule has 76 valence electrons. The van der Waals surface area contributed by atoms with Gasteiger partial charge in [0.05, 0.1) is 12.0 Å². The lowest BCUT2D eigenvalue weighted by molar-refractivity contribution is -0.384. The van der Waals surface area contributed by atoms with Crippen molar-refractivity contribution in [3.8, 4) is 5.75 Å². The van der Waals surface area contributed by atoms with Gasteiger partial charge in [-0.2, -0.15) is 0 Å². The van der Waals surface area contributed by atoms with E-state index in [1.54, 1.807) is 0 Å². The van der Waals surface area contributed by atoms with Crippen LogP contribution in [0.1, 0.15) is 0 Å². The number of hydrogen-bond donors (Lipinski definition) is 1. The van der Waals surface area contributed by atoms with Gasteiger partial charge in [-0.1, -0.05) is 0 Å². The van der Waals surface area contributed by atoms with Gasteiger partial charge in [0.1, 0.15) is 4.47 Å². The average molecular weight is 265 g/mol. The Morgan fingerprint density at radius 2 is 2.29 bits per heavy atom. The zero-order valence-electron chi connectivity index (χ0n) is 7.08. The zero-order chi connectivity index (χ0) is 10.9. The molecule has 0 heterocycles. The van der Waals surface area contributed by atoms with E-state index in [0.29, 0.717) is 0 Å². The summed E-state index contributed by atoms with van der Waals surface area (Å²) in [6.07, 6.45) is 0. The van der Waals surface area contributed by atoms with E-state index in [0.717, 1.165) is 6.07 Å². The van der Waals surface area contributed by atoms with Gasteiger partial charge in [-0.3, -0.25) is 10.1 Å². The Bertz CT molecular complexity index is 397. The lowest BCUT2D eigenvalue weighted by Crippen LogP contribution is -2.01. The van der Waals surface area contributed by atoms with Gasteiger partial charge in [-0.25, -0.2) is 4.39 Å². The molecule has 1 aromatic rings. The number of nitrogen functional groups attached to an aromatic ring is 1. The number of nitro benzene ring substituents is 1. The monoisotopic (exact) mass is 264 g/mol. The molecule has 5 nitrogen and oxygen atoms in total. The number of rotatable bonds is 2. The minimum absolute atomic E-state index is 0.0155. The van der Waals surface area contributed by atoms with E-state index in [1.807, 2.05) is 0 Å². The maximum atomic E-state index is 13.1. The first-order chi connectivity index (χ1) is 6.49. The number of nitrogens with two attached hydrogens (primary N) is 1. The number of nitrogens with zero attached hydrogens (tertiary/aromatic N) is 1. The van der Waals surface area contributed by atoms with Crippen LogP contribution in [0.2, 0.25) is 0 Å². The molecule has 0 amide bonds. The molecular formula is C7H6BrFN2O3. The van der Waals surface area contributed by atoms with E-state index >= 15 is 0 Å². The third-order valence-corrected chi connectivity index (χ3v) is 2.19. The van der Waals surface area contributed by atoms with Crippen LogP contribution in [0, 0.1) is 15.9 Å². The SMILES string of the molecule is COc1c(F)cc(Br)c([N+](=O)[O-])c1N. The Balaban J connectivity index is 3.52. The van der Waals surface area contributed by atoms with Crippen LogP contribution in [0.3, 0.4) is 0 Å². The molecule has 1 rings (SSSR count). The van der Waals surface area contributed by atoms with Crippen molar-refractivity contribution < 1.29 is 14.1 Å². The summed E-state index contributed by atoms with van der Waals surface area (Å²) in [5, 5.41) is 10.5. The second-order valence-corrected chi connectivity index (χ2v) is 3.25. The highest BCUT2D eigenvalue weighted by Crippen LogP contribution is 2.39. The van der Waals surface area contributed by atoms with Gasteiger partial charge in [0.25, 0.3) is 0 Å². The summed E-state index contributed by atoms with van der Waals surface area (Å²) in [7, 11) is 1.19. The van der Waals surface area contributed by atoms with Crippen molar-refractivity contribution in [2.45, 2.75) is 0 Å². The van der Waals surface area contributed by atoms with E-state index in [-0.39, 0.29) is 15.9 Å². The highest BCUT2D eigenvalue weighted by molar-refractivity contribution is 9.10. The summed E-state index contributed by atoms with van der Waals surface area (Å²) in [6, 6.07) is 0.938. The smallest absolute Gasteiger partial charge is 0.310 e. The average Bonchev–Trinajstić information content (AvgIpc) is 2.02. The van der Waals surface area contributed by atoms with Gasteiger partial charge in [-0.15, -0.1) is 0 Å². The van der Waals surface area contributed by atoms with Gasteiger partial charge in [0, 0.05) is 0 Å². The maximum Gasteiger partial charge on any atom is 0.310 e. The Labute approximate surface area is 86.9 Å². The first-order valence-corrected chi connectivity index (χ1v) is 4.24. The predicted octanol–water partition coefficient (Wildman–Crippen LogP) is 2.09. The predicted molar refractivity (Wildman–Crippen MR) is 51.7 cm³/mol. The van der Waals surface area contributed by atoms with Gasteiger partial charge in [-0.05, 0) is 22.0 Å². The molecule has 0 spiro atoms. The fourth-order valence-corrected chi connectivity index (χ4v) is 1.56. The first kappa shape index (κ1) is 10.7. The molecule has 0 saturated heterocycles. The summed E-state index contributed by atoms with van der Waals surface area (Å²) in [5.41, 5.74) is 4.63. The van der Waals surface area contributed by atoms with Crippen molar-refractivity contribution in [1.82, 2.24) is 0 Å². The molecule has 0 aromatic heterocycles. The molecule has 7 heteroatoms. The number of methoxy groups -OCH3 is 1. The van der Waals surface area contributed by atoms with Crippen LogP contribution in [0.25, 0.3) is 0 Å². The van der Waals surface area contributed by atoms with Crippen molar-refractivity contribution in [3.05, 3.63) is 26.5 Å². The Kier molecular flexibility index (Phi) is 2.90. The highest BCUT2D eigenvalue weighted by atomic mass is 79.9. The van der Waals surface area contributed by atoms with Crippen LogP contribution in [-0.2, 0) is 0 Å². The van der Waals surface area contributed by atoms with E-state index in [2.05, 4.69) is 20.7 Å². The zero-order valence-corrected chi connectivity index (χ0v) is 8.67. The second kappa shape index (κ2) is 3.79. The molecule has 0 aliphatic heterocycles. The van der Waals surface area contributed by atoms with Crippen LogP contribution in [0.4, 0.5) is 15.8 Å². The molecule has 0 saturated carbocycles. The summed E-state index contributed by atoms with van der Waals surface area (Å²) in [6.45, 7) is 0. The standard InChI is InChI=1S/C7H6BrFN2O3/c1-14-7-4(9)2-3(8)6(5(7)10)11(12)13/h2H,10H2,1H3. The van der Waals surface area contributed by atoms with E-state index in [4.69, 9.17) is 5.73 Å². The number of anilines is 1. The number of ether oxygens (including phenoxy) is 1. The number of hydrogen-bond acceptors (Lipinski definition) is 4. The molecular weight excluding hydrogens is 259 g/mol. The van der Waals surface area contributed by atoms with Crippen LogP contribution in [0.5, 0.6) is 5.75 Å². The Hall–Kier alpha value is -1.37. The fourth-order valence-electron chi connectivity index (χ4n) is 1.00. The molecule has 0 bridgehead atoms. The highest BCUT2D eigenvalue weighted by Gasteiger charge is 2.23. The molecule has 1 aromatic carbocycles. The molecule has 0 aliphatic rings. The Morgan fingerprint density at radius 3 is 2.71 bits per heavy atom. The topological polar surface area (TPSA) is 78.4 Å². The maximum absolute atomic E-state index is 13.1. The number of nitro groups is 1. The molecule has 14 heavy (non-hydrogen) atoms. The minimum Gasteiger partial charge on any atom is -0.491 e. The quantitative estimate of drug-likeness (QED) is 0.504. The van der Waals surface area contributed by atoms with Gasteiger partial charge in [0.2, 0.25) is 0 Å². The normalized spacial score (nSPS) is 9.93. The lowest BCUT2D eigenvalue weighted by atomic mass is 10.2. The second-order valence-electron chi connectivity index (χ2n) is 2.39. The molecule has 2 N–H and O–H groups in total. The van der Waals surface area contributed by atoms with E-state index in [1.165, 1.54) is 7.11 Å². The molecule has 0 fully saturated rings. The van der Waals surface area contributed by atoms with Crippen LogP contribution >= 0.6 is 15.9 Å². The van der Waals surface area contributed by atoms with Crippen LogP contribution < -0.4 is 10.5 Å². The van der Waals surface area contributed by atoms with Crippen molar-refractivity contribution in [1.29, 1.82) is 0 Å². The largest absolute Gasteiger partial charge is 0.491 e. The van der Waals surface area contributed by atoms with Crippen LogP contribution in [0.15, 0.2) is 10.5 Å². The van der Waals surface area contributed by atoms with Crippen molar-refractivity contribution in [2.24, 2.45) is 0 Å². The minimum atomic E-state index is -0.748. The van der Waals surface area contributed by atoms with Crippen molar-refractivity contribution in [2.75, 3.05) is 12.8 Å². The molecule has 0 unspecified atom stereocenters. The molecule has 0 atom stereocenters.